The van der Waals surface area contributed by atoms with Crippen LogP contribution in [-0.2, 0) is 14.8 Å². The SMILES string of the molecule is COC(=O)c1cccc(C(=O)Nc2ccc(S(=O)(=O)Nc3onc(C)c3C)cc2)c1. The number of methoxy groups -OCH3 is 1. The second-order valence-corrected chi connectivity index (χ2v) is 8.06. The van der Waals surface area contributed by atoms with Gasteiger partial charge in [0, 0.05) is 16.8 Å². The molecule has 0 spiro atoms. The maximum Gasteiger partial charge on any atom is 0.337 e. The van der Waals surface area contributed by atoms with Gasteiger partial charge in [0.05, 0.1) is 23.3 Å². The molecule has 0 bridgehead atoms. The number of sulfonamides is 1. The molecule has 2 N–H and O–H groups in total. The first-order valence-corrected chi connectivity index (χ1v) is 10.2. The van der Waals surface area contributed by atoms with Crippen LogP contribution in [-0.4, -0.2) is 32.6 Å². The zero-order valence-electron chi connectivity index (χ0n) is 16.4. The number of esters is 1. The van der Waals surface area contributed by atoms with Gasteiger partial charge in [-0.25, -0.2) is 17.9 Å². The van der Waals surface area contributed by atoms with Crippen LogP contribution in [0.3, 0.4) is 0 Å². The van der Waals surface area contributed by atoms with Crippen LogP contribution in [0.15, 0.2) is 57.9 Å². The number of anilines is 2. The van der Waals surface area contributed by atoms with Crippen LogP contribution in [0.25, 0.3) is 0 Å². The second kappa shape index (κ2) is 8.37. The highest BCUT2D eigenvalue weighted by Gasteiger charge is 2.19. The minimum atomic E-state index is -3.89. The number of ether oxygens (including phenoxy) is 1. The Balaban J connectivity index is 1.73. The summed E-state index contributed by atoms with van der Waals surface area (Å²) in [5.41, 5.74) is 2.07. The molecule has 1 aromatic heterocycles. The molecule has 0 aliphatic rings. The van der Waals surface area contributed by atoms with E-state index in [2.05, 4.69) is 19.9 Å². The first-order chi connectivity index (χ1) is 14.2. The van der Waals surface area contributed by atoms with E-state index in [0.717, 1.165) is 0 Å². The van der Waals surface area contributed by atoms with Gasteiger partial charge in [-0.1, -0.05) is 11.2 Å². The Hall–Kier alpha value is -3.66. The first-order valence-electron chi connectivity index (χ1n) is 8.77. The molecule has 0 unspecified atom stereocenters. The summed E-state index contributed by atoms with van der Waals surface area (Å²) in [6.45, 7) is 3.40. The average Bonchev–Trinajstić information content (AvgIpc) is 3.05. The van der Waals surface area contributed by atoms with Crippen molar-refractivity contribution >= 4 is 33.5 Å². The van der Waals surface area contributed by atoms with Gasteiger partial charge in [-0.15, -0.1) is 0 Å². The average molecular weight is 429 g/mol. The maximum atomic E-state index is 12.5. The van der Waals surface area contributed by atoms with Crippen molar-refractivity contribution in [2.45, 2.75) is 18.7 Å². The molecule has 0 atom stereocenters. The molecule has 3 aromatic rings. The summed E-state index contributed by atoms with van der Waals surface area (Å²) >= 11 is 0. The minimum Gasteiger partial charge on any atom is -0.465 e. The summed E-state index contributed by atoms with van der Waals surface area (Å²) in [6.07, 6.45) is 0. The summed E-state index contributed by atoms with van der Waals surface area (Å²) in [4.78, 5) is 24.0. The predicted molar refractivity (Wildman–Crippen MR) is 109 cm³/mol. The lowest BCUT2D eigenvalue weighted by molar-refractivity contribution is 0.0600. The molecule has 1 heterocycles. The number of nitrogens with zero attached hydrogens (tertiary/aromatic N) is 1. The fraction of sp³-hybridized carbons (Fsp3) is 0.150. The molecule has 2 aromatic carbocycles. The summed E-state index contributed by atoms with van der Waals surface area (Å²) in [7, 11) is -2.63. The lowest BCUT2D eigenvalue weighted by atomic mass is 10.1. The molecule has 0 radical (unpaired) electrons. The third-order valence-corrected chi connectivity index (χ3v) is 5.70. The van der Waals surface area contributed by atoms with Crippen LogP contribution in [0.4, 0.5) is 11.6 Å². The monoisotopic (exact) mass is 429 g/mol. The number of benzene rings is 2. The van der Waals surface area contributed by atoms with Crippen LogP contribution in [0.1, 0.15) is 32.0 Å². The number of hydrogen-bond acceptors (Lipinski definition) is 7. The van der Waals surface area contributed by atoms with E-state index in [1.54, 1.807) is 26.0 Å². The maximum absolute atomic E-state index is 12.5. The van der Waals surface area contributed by atoms with Crippen LogP contribution >= 0.6 is 0 Å². The van der Waals surface area contributed by atoms with E-state index in [-0.39, 0.29) is 21.9 Å². The van der Waals surface area contributed by atoms with Crippen molar-refractivity contribution in [3.63, 3.8) is 0 Å². The lowest BCUT2D eigenvalue weighted by Gasteiger charge is -2.09. The number of aromatic nitrogens is 1. The zero-order valence-corrected chi connectivity index (χ0v) is 17.2. The summed E-state index contributed by atoms with van der Waals surface area (Å²) < 4.78 is 37.0. The molecule has 0 aliphatic heterocycles. The molecule has 3 rings (SSSR count). The number of carbonyl (C=O) groups is 2. The quantitative estimate of drug-likeness (QED) is 0.576. The van der Waals surface area contributed by atoms with Gasteiger partial charge >= 0.3 is 5.97 Å². The smallest absolute Gasteiger partial charge is 0.337 e. The highest BCUT2D eigenvalue weighted by Crippen LogP contribution is 2.22. The van der Waals surface area contributed by atoms with Crippen molar-refractivity contribution < 1.29 is 27.3 Å². The fourth-order valence-corrected chi connectivity index (χ4v) is 3.56. The van der Waals surface area contributed by atoms with Crippen molar-refractivity contribution in [1.29, 1.82) is 0 Å². The third kappa shape index (κ3) is 4.49. The Labute approximate surface area is 173 Å². The van der Waals surface area contributed by atoms with E-state index >= 15 is 0 Å². The van der Waals surface area contributed by atoms with Crippen LogP contribution in [0.5, 0.6) is 0 Å². The largest absolute Gasteiger partial charge is 0.465 e. The van der Waals surface area contributed by atoms with Gasteiger partial charge in [0.25, 0.3) is 15.9 Å². The van der Waals surface area contributed by atoms with Crippen LogP contribution < -0.4 is 10.0 Å². The topological polar surface area (TPSA) is 128 Å². The van der Waals surface area contributed by atoms with E-state index in [4.69, 9.17) is 4.52 Å². The van der Waals surface area contributed by atoms with Gasteiger partial charge in [-0.3, -0.25) is 4.79 Å². The third-order valence-electron chi connectivity index (χ3n) is 4.35. The molecule has 9 nitrogen and oxygen atoms in total. The summed E-state index contributed by atoms with van der Waals surface area (Å²) in [6, 6.07) is 11.7. The van der Waals surface area contributed by atoms with Gasteiger partial charge in [0.1, 0.15) is 0 Å². The standard InChI is InChI=1S/C20H19N3O6S/c1-12-13(2)22-29-19(12)23-30(26,27)17-9-7-16(8-10-17)21-18(24)14-5-4-6-15(11-14)20(25)28-3/h4-11,23H,1-3H3,(H,21,24). The van der Waals surface area contributed by atoms with E-state index < -0.39 is 21.9 Å². The van der Waals surface area contributed by atoms with Crippen LogP contribution in [0.2, 0.25) is 0 Å². The Morgan fingerprint density at radius 1 is 1.03 bits per heavy atom. The number of amides is 1. The molecule has 0 saturated carbocycles. The molecule has 0 fully saturated rings. The fourth-order valence-electron chi connectivity index (χ4n) is 2.52. The molecule has 30 heavy (non-hydrogen) atoms. The molecule has 0 aliphatic carbocycles. The van der Waals surface area contributed by atoms with E-state index in [0.29, 0.717) is 16.9 Å². The van der Waals surface area contributed by atoms with Gasteiger partial charge in [-0.2, -0.15) is 0 Å². The van der Waals surface area contributed by atoms with E-state index in [1.807, 2.05) is 0 Å². The normalized spacial score (nSPS) is 11.0. The Morgan fingerprint density at radius 3 is 2.30 bits per heavy atom. The second-order valence-electron chi connectivity index (χ2n) is 6.38. The molecule has 156 valence electrons. The van der Waals surface area contributed by atoms with E-state index in [9.17, 15) is 18.0 Å². The van der Waals surface area contributed by atoms with Gasteiger partial charge in [0.2, 0.25) is 5.88 Å². The lowest BCUT2D eigenvalue weighted by Crippen LogP contribution is -2.15. The number of hydrogen-bond donors (Lipinski definition) is 2. The number of rotatable bonds is 6. The van der Waals surface area contributed by atoms with Crippen molar-refractivity contribution in [2.24, 2.45) is 0 Å². The van der Waals surface area contributed by atoms with Crippen molar-refractivity contribution in [3.05, 3.63) is 70.9 Å². The van der Waals surface area contributed by atoms with Gasteiger partial charge in [0.15, 0.2) is 0 Å². The number of carbonyl (C=O) groups excluding carboxylic acids is 2. The highest BCUT2D eigenvalue weighted by atomic mass is 32.2. The Kier molecular flexibility index (Phi) is 5.88. The minimum absolute atomic E-state index is 0.0124. The zero-order chi connectivity index (χ0) is 21.9. The van der Waals surface area contributed by atoms with E-state index in [1.165, 1.54) is 43.5 Å². The summed E-state index contributed by atoms with van der Waals surface area (Å²) in [5.74, 6) is -0.957. The van der Waals surface area contributed by atoms with Crippen molar-refractivity contribution in [2.75, 3.05) is 17.1 Å². The van der Waals surface area contributed by atoms with Crippen molar-refractivity contribution in [3.8, 4) is 0 Å². The molecule has 0 saturated heterocycles. The highest BCUT2D eigenvalue weighted by molar-refractivity contribution is 7.92. The molecule has 1 amide bonds. The predicted octanol–water partition coefficient (Wildman–Crippen LogP) is 3.13. The molecular weight excluding hydrogens is 410 g/mol. The number of aryl methyl sites for hydroxylation is 1. The van der Waals surface area contributed by atoms with Crippen LogP contribution in [0, 0.1) is 13.8 Å². The number of nitrogens with one attached hydrogen (secondary N) is 2. The van der Waals surface area contributed by atoms with Gasteiger partial charge < -0.3 is 14.6 Å². The summed E-state index contributed by atoms with van der Waals surface area (Å²) in [5, 5.41) is 6.36. The van der Waals surface area contributed by atoms with Crippen molar-refractivity contribution in [1.82, 2.24) is 5.16 Å². The Morgan fingerprint density at radius 2 is 1.70 bits per heavy atom. The molecule has 10 heteroatoms. The molecular formula is C20H19N3O6S. The Bertz CT molecular complexity index is 1200. The van der Waals surface area contributed by atoms with Gasteiger partial charge in [-0.05, 0) is 56.3 Å². The first kappa shape index (κ1) is 21.1.